The first-order valence-corrected chi connectivity index (χ1v) is 3.35. The Morgan fingerprint density at radius 3 is 1.00 bits per heavy atom. The van der Waals surface area contributed by atoms with Gasteiger partial charge in [-0.05, 0) is 0 Å². The average Bonchev–Trinajstić information content (AvgIpc) is 1.59. The Kier molecular flexibility index (Phi) is 10.5. The Morgan fingerprint density at radius 2 is 0.818 bits per heavy atom. The maximum atomic E-state index is 3.86. The molecule has 0 aliphatic heterocycles. The van der Waals surface area contributed by atoms with E-state index in [-0.39, 0.29) is 59.1 Å². The molecule has 50 valence electrons. The topological polar surface area (TPSA) is 38.7 Å². The van der Waals surface area contributed by atoms with Crippen molar-refractivity contribution in [3.63, 3.8) is 0 Å². The zero-order chi connectivity index (χ0) is 6.85. The summed E-state index contributed by atoms with van der Waals surface area (Å²) in [6.07, 6.45) is 0. The summed E-state index contributed by atoms with van der Waals surface area (Å²) in [6.45, 7) is 0. The van der Waals surface area contributed by atoms with Gasteiger partial charge in [0.2, 0.25) is 0 Å². The van der Waals surface area contributed by atoms with Gasteiger partial charge in [-0.15, -0.1) is 37.9 Å². The number of aromatic nitrogens is 3. The van der Waals surface area contributed by atoms with E-state index in [1.165, 1.54) is 0 Å². The van der Waals surface area contributed by atoms with Crippen molar-refractivity contribution in [2.24, 2.45) is 0 Å². The van der Waals surface area contributed by atoms with Crippen molar-refractivity contribution in [3.05, 3.63) is 0 Å². The van der Waals surface area contributed by atoms with Gasteiger partial charge in [0, 0.05) is 59.1 Å². The minimum Gasteiger partial charge on any atom is -0.197 e. The Morgan fingerprint density at radius 1 is 0.636 bits per heavy atom. The van der Waals surface area contributed by atoms with Crippen LogP contribution in [0, 0.1) is 0 Å². The molecule has 2 radical (unpaired) electrons. The van der Waals surface area contributed by atoms with E-state index in [1.807, 2.05) is 0 Å². The Hall–Kier alpha value is 2.06. The van der Waals surface area contributed by atoms with Crippen molar-refractivity contribution in [2.45, 2.75) is 15.5 Å². The summed E-state index contributed by atoms with van der Waals surface area (Å²) in [5.41, 5.74) is 0. The van der Waals surface area contributed by atoms with Gasteiger partial charge in [0.15, 0.2) is 15.5 Å². The monoisotopic (exact) mass is 223 g/mol. The molecule has 1 aromatic heterocycles. The van der Waals surface area contributed by atoms with Gasteiger partial charge in [-0.2, -0.15) is 15.0 Å². The summed E-state index contributed by atoms with van der Waals surface area (Å²) < 4.78 is 0. The van der Waals surface area contributed by atoms with Gasteiger partial charge < -0.3 is 0 Å². The van der Waals surface area contributed by atoms with E-state index >= 15 is 0 Å². The summed E-state index contributed by atoms with van der Waals surface area (Å²) >= 11 is 11.6. The van der Waals surface area contributed by atoms with Crippen LogP contribution in [0.25, 0.3) is 0 Å². The van der Waals surface area contributed by atoms with Gasteiger partial charge in [0.1, 0.15) is 0 Å². The average molecular weight is 223 g/mol. The van der Waals surface area contributed by atoms with Crippen LogP contribution in [0.4, 0.5) is 0 Å². The molecule has 0 saturated heterocycles. The zero-order valence-electron chi connectivity index (χ0n) is 6.18. The third-order valence-electron chi connectivity index (χ3n) is 0.600. The van der Waals surface area contributed by atoms with E-state index < -0.39 is 0 Å². The van der Waals surface area contributed by atoms with Crippen LogP contribution in [0.5, 0.6) is 0 Å². The second kappa shape index (κ2) is 7.46. The molecule has 3 nitrogen and oxygen atoms in total. The fourth-order valence-corrected chi connectivity index (χ4v) is 1.15. The van der Waals surface area contributed by atoms with Crippen LogP contribution in [0.15, 0.2) is 15.5 Å². The molecule has 0 spiro atoms. The predicted octanol–water partition coefficient (Wildman–Crippen LogP) is -0.0239. The molecule has 0 aromatic carbocycles. The molecule has 0 N–H and O–H groups in total. The zero-order valence-corrected chi connectivity index (χ0v) is 12.9. The summed E-state index contributed by atoms with van der Waals surface area (Å²) in [4.78, 5) is 11.1. The normalized spacial score (nSPS) is 7.91. The fourth-order valence-electron chi connectivity index (χ4n) is 0.343. The quantitative estimate of drug-likeness (QED) is 0.427. The van der Waals surface area contributed by atoms with Gasteiger partial charge in [0.25, 0.3) is 0 Å². The molecule has 0 aliphatic carbocycles. The maximum absolute atomic E-state index is 3.86. The van der Waals surface area contributed by atoms with Gasteiger partial charge in [-0.3, -0.25) is 0 Å². The molecule has 1 rings (SSSR count). The molecular formula is C3H3N3Na2S3. The van der Waals surface area contributed by atoms with E-state index in [0.717, 1.165) is 0 Å². The van der Waals surface area contributed by atoms with Crippen molar-refractivity contribution < 1.29 is 0 Å². The van der Waals surface area contributed by atoms with E-state index in [2.05, 4.69) is 52.8 Å². The van der Waals surface area contributed by atoms with Crippen LogP contribution in [-0.4, -0.2) is 74.1 Å². The Balaban J connectivity index is 0. The first-order chi connectivity index (χ1) is 4.18. The number of hydrogen-bond acceptors (Lipinski definition) is 6. The summed E-state index contributed by atoms with van der Waals surface area (Å²) in [5, 5.41) is 1.00. The first-order valence-electron chi connectivity index (χ1n) is 2.01. The van der Waals surface area contributed by atoms with Crippen molar-refractivity contribution >= 4 is 97.0 Å². The Labute approximate surface area is 125 Å². The SMILES string of the molecule is Sc1nc(S)nc(S)n1.[Na].[Na]. The second-order valence-electron chi connectivity index (χ2n) is 1.24. The number of rotatable bonds is 0. The predicted molar refractivity (Wildman–Crippen MR) is 53.1 cm³/mol. The molecule has 8 heteroatoms. The van der Waals surface area contributed by atoms with Crippen LogP contribution in [0.1, 0.15) is 0 Å². The smallest absolute Gasteiger partial charge is 0.189 e. The molecular weight excluding hydrogens is 220 g/mol. The third-order valence-corrected chi connectivity index (χ3v) is 1.20. The Bertz CT molecular complexity index is 183. The molecule has 11 heavy (non-hydrogen) atoms. The minimum absolute atomic E-state index is 0. The van der Waals surface area contributed by atoms with Crippen molar-refractivity contribution in [1.29, 1.82) is 0 Å². The number of thiol groups is 3. The second-order valence-corrected chi connectivity index (χ2v) is 2.44. The standard InChI is InChI=1S/C3H3N3S3.2Na/c7-1-4-2(8)6-3(9)5-1;;/h(H3,4,5,6,7,8,9);;. The number of hydrogen-bond donors (Lipinski definition) is 3. The first kappa shape index (κ1) is 15.5. The fraction of sp³-hybridized carbons (Fsp3) is 0. The summed E-state index contributed by atoms with van der Waals surface area (Å²) in [6, 6.07) is 0. The summed E-state index contributed by atoms with van der Waals surface area (Å²) in [5.74, 6) is 0. The largest absolute Gasteiger partial charge is 0.197 e. The molecule has 1 heterocycles. The minimum atomic E-state index is 0. The molecule has 0 atom stereocenters. The van der Waals surface area contributed by atoms with Crippen LogP contribution >= 0.6 is 37.9 Å². The third kappa shape index (κ3) is 6.17. The maximum Gasteiger partial charge on any atom is 0.189 e. The molecule has 0 bridgehead atoms. The van der Waals surface area contributed by atoms with Crippen LogP contribution in [-0.2, 0) is 0 Å². The van der Waals surface area contributed by atoms with Crippen molar-refractivity contribution in [3.8, 4) is 0 Å². The molecule has 0 aliphatic rings. The van der Waals surface area contributed by atoms with Crippen molar-refractivity contribution in [1.82, 2.24) is 15.0 Å². The summed E-state index contributed by atoms with van der Waals surface area (Å²) in [7, 11) is 0. The molecule has 0 saturated carbocycles. The van der Waals surface area contributed by atoms with Gasteiger partial charge in [-0.1, -0.05) is 0 Å². The van der Waals surface area contributed by atoms with Crippen LogP contribution in [0.3, 0.4) is 0 Å². The molecule has 1 aromatic rings. The van der Waals surface area contributed by atoms with Crippen LogP contribution < -0.4 is 0 Å². The van der Waals surface area contributed by atoms with Gasteiger partial charge in [0.05, 0.1) is 0 Å². The number of nitrogens with zero attached hydrogens (tertiary/aromatic N) is 3. The van der Waals surface area contributed by atoms with Gasteiger partial charge >= 0.3 is 0 Å². The molecule has 0 fully saturated rings. The van der Waals surface area contributed by atoms with E-state index in [9.17, 15) is 0 Å². The molecule has 0 amide bonds. The van der Waals surface area contributed by atoms with Crippen LogP contribution in [0.2, 0.25) is 0 Å². The van der Waals surface area contributed by atoms with E-state index in [4.69, 9.17) is 0 Å². The van der Waals surface area contributed by atoms with Crippen molar-refractivity contribution in [2.75, 3.05) is 0 Å². The van der Waals surface area contributed by atoms with Gasteiger partial charge in [-0.25, -0.2) is 0 Å². The van der Waals surface area contributed by atoms with E-state index in [0.29, 0.717) is 15.5 Å². The molecule has 0 unspecified atom stereocenters. The van der Waals surface area contributed by atoms with E-state index in [1.54, 1.807) is 0 Å².